The molecule has 19 heavy (non-hydrogen) atoms. The molecule has 2 atom stereocenters. The van der Waals surface area contributed by atoms with Gasteiger partial charge in [-0.05, 0) is 31.2 Å². The van der Waals surface area contributed by atoms with Crippen molar-refractivity contribution in [3.8, 4) is 0 Å². The van der Waals surface area contributed by atoms with E-state index in [4.69, 9.17) is 0 Å². The van der Waals surface area contributed by atoms with E-state index >= 15 is 0 Å². The molecule has 1 rings (SSSR count). The van der Waals surface area contributed by atoms with Gasteiger partial charge < -0.3 is 5.32 Å². The molecule has 0 radical (unpaired) electrons. The molecule has 0 bridgehead atoms. The lowest BCUT2D eigenvalue weighted by molar-refractivity contribution is 0.327. The van der Waals surface area contributed by atoms with Crippen molar-refractivity contribution in [3.63, 3.8) is 0 Å². The summed E-state index contributed by atoms with van der Waals surface area (Å²) in [5, 5.41) is 3.30. The first-order valence-electron chi connectivity index (χ1n) is 6.70. The Balaban J connectivity index is 2.64. The van der Waals surface area contributed by atoms with Crippen LogP contribution in [0.15, 0.2) is 0 Å². The van der Waals surface area contributed by atoms with Gasteiger partial charge in [0.05, 0.1) is 17.3 Å². The van der Waals surface area contributed by atoms with Gasteiger partial charge in [-0.2, -0.15) is 0 Å². The quantitative estimate of drug-likeness (QED) is 0.739. The minimum atomic E-state index is -2.99. The van der Waals surface area contributed by atoms with Gasteiger partial charge in [-0.3, -0.25) is 0 Å². The van der Waals surface area contributed by atoms with Gasteiger partial charge in [0.15, 0.2) is 9.84 Å². The second kappa shape index (κ2) is 6.54. The third kappa shape index (κ3) is 6.72. The molecule has 2 unspecified atom stereocenters. The Morgan fingerprint density at radius 1 is 1.32 bits per heavy atom. The van der Waals surface area contributed by atoms with Crippen LogP contribution in [-0.4, -0.2) is 52.9 Å². The highest BCUT2D eigenvalue weighted by molar-refractivity contribution is 7.91. The number of rotatable bonds is 7. The summed E-state index contributed by atoms with van der Waals surface area (Å²) >= 11 is 0. The lowest BCUT2D eigenvalue weighted by Gasteiger charge is -2.24. The third-order valence-electron chi connectivity index (χ3n) is 3.58. The minimum absolute atomic E-state index is 0.0954. The Morgan fingerprint density at radius 3 is 2.37 bits per heavy atom. The van der Waals surface area contributed by atoms with Crippen molar-refractivity contribution in [1.29, 1.82) is 0 Å². The molecule has 0 aliphatic carbocycles. The largest absolute Gasteiger partial charge is 0.314 e. The number of hydrogen-bond donors (Lipinski definition) is 1. The molecule has 0 aromatic carbocycles. The highest BCUT2D eigenvalue weighted by Gasteiger charge is 2.33. The second-order valence-electron chi connectivity index (χ2n) is 5.90. The average Bonchev–Trinajstić information content (AvgIpc) is 2.57. The fourth-order valence-corrected chi connectivity index (χ4v) is 5.10. The fourth-order valence-electron chi connectivity index (χ4n) is 2.45. The van der Waals surface area contributed by atoms with Crippen LogP contribution in [0.1, 0.15) is 26.7 Å². The van der Waals surface area contributed by atoms with Gasteiger partial charge >= 0.3 is 0 Å². The zero-order chi connectivity index (χ0) is 14.7. The van der Waals surface area contributed by atoms with E-state index in [1.54, 1.807) is 0 Å². The molecular weight excluding hydrogens is 286 g/mol. The normalized spacial score (nSPS) is 24.7. The van der Waals surface area contributed by atoms with Crippen LogP contribution >= 0.6 is 0 Å². The molecule has 1 saturated heterocycles. The number of hydrogen-bond acceptors (Lipinski definition) is 5. The van der Waals surface area contributed by atoms with E-state index in [1.807, 2.05) is 13.8 Å². The van der Waals surface area contributed by atoms with Crippen LogP contribution in [0.3, 0.4) is 0 Å². The van der Waals surface area contributed by atoms with Gasteiger partial charge in [0.1, 0.15) is 9.84 Å². The van der Waals surface area contributed by atoms with Gasteiger partial charge in [0, 0.05) is 12.3 Å². The number of sulfone groups is 2. The lowest BCUT2D eigenvalue weighted by atomic mass is 9.89. The summed E-state index contributed by atoms with van der Waals surface area (Å²) < 4.78 is 45.6. The zero-order valence-electron chi connectivity index (χ0n) is 11.9. The highest BCUT2D eigenvalue weighted by atomic mass is 32.2. The Labute approximate surface area is 117 Å². The lowest BCUT2D eigenvalue weighted by Crippen LogP contribution is -2.34. The molecular formula is C12H25NO4S2. The van der Waals surface area contributed by atoms with E-state index in [0.717, 1.165) is 0 Å². The Morgan fingerprint density at radius 2 is 1.95 bits per heavy atom. The minimum Gasteiger partial charge on any atom is -0.314 e. The molecule has 1 N–H and O–H groups in total. The molecule has 114 valence electrons. The van der Waals surface area contributed by atoms with Crippen molar-refractivity contribution in [2.45, 2.75) is 32.7 Å². The van der Waals surface area contributed by atoms with E-state index in [0.29, 0.717) is 25.4 Å². The first-order chi connectivity index (χ1) is 8.59. The van der Waals surface area contributed by atoms with Crippen molar-refractivity contribution >= 4 is 19.7 Å². The summed E-state index contributed by atoms with van der Waals surface area (Å²) in [4.78, 5) is 0. The molecule has 1 fully saturated rings. The van der Waals surface area contributed by atoms with Gasteiger partial charge in [-0.25, -0.2) is 16.8 Å². The molecule has 1 aliphatic heterocycles. The van der Waals surface area contributed by atoms with Crippen LogP contribution in [0.25, 0.3) is 0 Å². The number of nitrogens with one attached hydrogen (secondary N) is 1. The van der Waals surface area contributed by atoms with Gasteiger partial charge in [0.25, 0.3) is 0 Å². The van der Waals surface area contributed by atoms with Crippen molar-refractivity contribution in [3.05, 3.63) is 0 Å². The Hall–Kier alpha value is -0.140. The first-order valence-corrected chi connectivity index (χ1v) is 10.6. The summed E-state index contributed by atoms with van der Waals surface area (Å²) in [5.74, 6) is 0.802. The van der Waals surface area contributed by atoms with Crippen molar-refractivity contribution in [2.75, 3.05) is 30.1 Å². The van der Waals surface area contributed by atoms with Crippen LogP contribution in [-0.2, 0) is 19.7 Å². The maximum Gasteiger partial charge on any atom is 0.150 e. The van der Waals surface area contributed by atoms with Gasteiger partial charge in [-0.15, -0.1) is 0 Å². The molecule has 0 amide bonds. The average molecular weight is 311 g/mol. The molecule has 7 heteroatoms. The summed E-state index contributed by atoms with van der Waals surface area (Å²) in [6, 6.07) is 0.318. The maximum absolute atomic E-state index is 11.5. The summed E-state index contributed by atoms with van der Waals surface area (Å²) in [6.07, 6.45) is 2.43. The predicted octanol–water partition coefficient (Wildman–Crippen LogP) is 0.470. The summed E-state index contributed by atoms with van der Waals surface area (Å²) in [7, 11) is -5.90. The van der Waals surface area contributed by atoms with Crippen LogP contribution in [0.5, 0.6) is 0 Å². The van der Waals surface area contributed by atoms with Gasteiger partial charge in [-0.1, -0.05) is 13.8 Å². The molecule has 0 aromatic heterocycles. The topological polar surface area (TPSA) is 80.3 Å². The molecule has 1 aliphatic rings. The van der Waals surface area contributed by atoms with E-state index in [2.05, 4.69) is 5.32 Å². The maximum atomic E-state index is 11.5. The molecule has 0 spiro atoms. The SMILES string of the molecule is CC(C)NCC(CCS(C)(=O)=O)C1CCS(=O)(=O)C1. The van der Waals surface area contributed by atoms with Crippen molar-refractivity contribution < 1.29 is 16.8 Å². The molecule has 0 aromatic rings. The standard InChI is InChI=1S/C12H25NO4S2/c1-10(2)13-8-11(4-6-18(3,14)15)12-5-7-19(16,17)9-12/h10-13H,4-9H2,1-3H3. The van der Waals surface area contributed by atoms with E-state index in [-0.39, 0.29) is 29.1 Å². The molecule has 5 nitrogen and oxygen atoms in total. The second-order valence-corrected chi connectivity index (χ2v) is 10.4. The van der Waals surface area contributed by atoms with Crippen molar-refractivity contribution in [2.24, 2.45) is 11.8 Å². The Bertz CT molecular complexity index is 482. The van der Waals surface area contributed by atoms with Crippen LogP contribution in [0.4, 0.5) is 0 Å². The Kier molecular flexibility index (Phi) is 5.82. The monoisotopic (exact) mass is 311 g/mol. The van der Waals surface area contributed by atoms with E-state index in [9.17, 15) is 16.8 Å². The van der Waals surface area contributed by atoms with Crippen LogP contribution < -0.4 is 5.32 Å². The first kappa shape index (κ1) is 16.9. The van der Waals surface area contributed by atoms with Gasteiger partial charge in [0.2, 0.25) is 0 Å². The zero-order valence-corrected chi connectivity index (χ0v) is 13.6. The highest BCUT2D eigenvalue weighted by Crippen LogP contribution is 2.28. The molecule has 1 heterocycles. The van der Waals surface area contributed by atoms with E-state index < -0.39 is 19.7 Å². The fraction of sp³-hybridized carbons (Fsp3) is 1.00. The van der Waals surface area contributed by atoms with E-state index in [1.165, 1.54) is 6.26 Å². The smallest absolute Gasteiger partial charge is 0.150 e. The third-order valence-corrected chi connectivity index (χ3v) is 6.35. The summed E-state index contributed by atoms with van der Waals surface area (Å²) in [6.45, 7) is 4.74. The van der Waals surface area contributed by atoms with Crippen molar-refractivity contribution in [1.82, 2.24) is 5.32 Å². The molecule has 0 saturated carbocycles. The van der Waals surface area contributed by atoms with Crippen LogP contribution in [0.2, 0.25) is 0 Å². The van der Waals surface area contributed by atoms with Crippen LogP contribution in [0, 0.1) is 11.8 Å². The predicted molar refractivity (Wildman–Crippen MR) is 77.7 cm³/mol. The summed E-state index contributed by atoms with van der Waals surface area (Å²) in [5.41, 5.74) is 0.